The first-order valence-corrected chi connectivity index (χ1v) is 6.06. The third-order valence-corrected chi connectivity index (χ3v) is 3.85. The van der Waals surface area contributed by atoms with E-state index in [1.807, 2.05) is 24.5 Å². The topological polar surface area (TPSA) is 0 Å². The molecule has 0 saturated carbocycles. The highest BCUT2D eigenvalue weighted by atomic mass is 35.5. The van der Waals surface area contributed by atoms with Gasteiger partial charge in [0.25, 0.3) is 0 Å². The molecule has 2 aromatic rings. The van der Waals surface area contributed by atoms with Crippen LogP contribution in [0.3, 0.4) is 0 Å². The second-order valence-electron chi connectivity index (χ2n) is 2.55. The van der Waals surface area contributed by atoms with Crippen LogP contribution in [0, 0.1) is 5.82 Å². The van der Waals surface area contributed by atoms with Gasteiger partial charge in [-0.25, -0.2) is 4.39 Å². The van der Waals surface area contributed by atoms with Crippen LogP contribution < -0.4 is 0 Å². The van der Waals surface area contributed by atoms with Crippen LogP contribution >= 0.6 is 34.7 Å². The van der Waals surface area contributed by atoms with Crippen molar-refractivity contribution in [2.75, 3.05) is 6.26 Å². The standard InChI is InChI=1S/C9H6ClFS2/c1-12-5-2-3-7-6(4-5)8(11)9(10)13-7/h2-4H,1H3. The van der Waals surface area contributed by atoms with Gasteiger partial charge in [-0.05, 0) is 24.5 Å². The van der Waals surface area contributed by atoms with E-state index in [-0.39, 0.29) is 10.2 Å². The van der Waals surface area contributed by atoms with Gasteiger partial charge >= 0.3 is 0 Å². The maximum atomic E-state index is 13.3. The molecule has 0 fully saturated rings. The van der Waals surface area contributed by atoms with Crippen LogP contribution in [0.15, 0.2) is 23.1 Å². The van der Waals surface area contributed by atoms with Gasteiger partial charge in [-0.1, -0.05) is 11.6 Å². The lowest BCUT2D eigenvalue weighted by molar-refractivity contribution is 0.644. The highest BCUT2D eigenvalue weighted by molar-refractivity contribution is 7.98. The van der Waals surface area contributed by atoms with Crippen molar-refractivity contribution in [3.63, 3.8) is 0 Å². The lowest BCUT2D eigenvalue weighted by Crippen LogP contribution is -1.72. The second-order valence-corrected chi connectivity index (χ2v) is 5.09. The number of hydrogen-bond acceptors (Lipinski definition) is 2. The summed E-state index contributed by atoms with van der Waals surface area (Å²) in [7, 11) is 0. The summed E-state index contributed by atoms with van der Waals surface area (Å²) in [6, 6.07) is 5.71. The van der Waals surface area contributed by atoms with E-state index in [1.54, 1.807) is 11.8 Å². The van der Waals surface area contributed by atoms with Crippen molar-refractivity contribution in [3.05, 3.63) is 28.4 Å². The molecule has 4 heteroatoms. The SMILES string of the molecule is CSc1ccc2sc(Cl)c(F)c2c1. The van der Waals surface area contributed by atoms with Crippen LogP contribution in [0.5, 0.6) is 0 Å². The number of fused-ring (bicyclic) bond motifs is 1. The number of thioether (sulfide) groups is 1. The van der Waals surface area contributed by atoms with Crippen molar-refractivity contribution in [3.8, 4) is 0 Å². The minimum atomic E-state index is -0.294. The average molecular weight is 233 g/mol. The molecule has 0 spiro atoms. The number of halogens is 2. The van der Waals surface area contributed by atoms with Crippen molar-refractivity contribution in [1.29, 1.82) is 0 Å². The maximum Gasteiger partial charge on any atom is 0.160 e. The molecule has 1 aromatic carbocycles. The summed E-state index contributed by atoms with van der Waals surface area (Å²) in [6.45, 7) is 0. The van der Waals surface area contributed by atoms with Crippen molar-refractivity contribution < 1.29 is 4.39 Å². The smallest absolute Gasteiger partial charge is 0.160 e. The van der Waals surface area contributed by atoms with E-state index in [2.05, 4.69) is 0 Å². The third kappa shape index (κ3) is 1.56. The Morgan fingerprint density at radius 2 is 2.23 bits per heavy atom. The largest absolute Gasteiger partial charge is 0.204 e. The molecule has 0 atom stereocenters. The normalized spacial score (nSPS) is 11.0. The Labute approximate surface area is 88.7 Å². The number of benzene rings is 1. The molecular weight excluding hydrogens is 227 g/mol. The first kappa shape index (κ1) is 9.31. The van der Waals surface area contributed by atoms with Gasteiger partial charge in [-0.3, -0.25) is 0 Å². The molecule has 0 amide bonds. The summed E-state index contributed by atoms with van der Waals surface area (Å²) in [5.74, 6) is -0.294. The molecule has 0 aliphatic rings. The van der Waals surface area contributed by atoms with E-state index in [0.717, 1.165) is 9.60 Å². The minimum Gasteiger partial charge on any atom is -0.204 e. The Morgan fingerprint density at radius 1 is 1.46 bits per heavy atom. The van der Waals surface area contributed by atoms with E-state index >= 15 is 0 Å². The summed E-state index contributed by atoms with van der Waals surface area (Å²) >= 11 is 8.56. The number of hydrogen-bond donors (Lipinski definition) is 0. The van der Waals surface area contributed by atoms with Crippen LogP contribution in [-0.4, -0.2) is 6.26 Å². The van der Waals surface area contributed by atoms with Crippen molar-refractivity contribution in [2.24, 2.45) is 0 Å². The minimum absolute atomic E-state index is 0.244. The van der Waals surface area contributed by atoms with Gasteiger partial charge in [0.2, 0.25) is 0 Å². The lowest BCUT2D eigenvalue weighted by Gasteiger charge is -1.94. The Balaban J connectivity index is 2.75. The fraction of sp³-hybridized carbons (Fsp3) is 0.111. The zero-order chi connectivity index (χ0) is 9.42. The molecule has 0 aliphatic heterocycles. The van der Waals surface area contributed by atoms with Gasteiger partial charge in [0.05, 0.1) is 0 Å². The van der Waals surface area contributed by atoms with Crippen LogP contribution in [0.25, 0.3) is 10.1 Å². The van der Waals surface area contributed by atoms with E-state index in [9.17, 15) is 4.39 Å². The van der Waals surface area contributed by atoms with E-state index in [4.69, 9.17) is 11.6 Å². The van der Waals surface area contributed by atoms with Crippen LogP contribution in [0.4, 0.5) is 4.39 Å². The van der Waals surface area contributed by atoms with Gasteiger partial charge in [0.1, 0.15) is 4.34 Å². The zero-order valence-electron chi connectivity index (χ0n) is 6.80. The molecule has 1 heterocycles. The first-order valence-electron chi connectivity index (χ1n) is 3.64. The molecule has 13 heavy (non-hydrogen) atoms. The van der Waals surface area contributed by atoms with E-state index < -0.39 is 0 Å². The molecule has 68 valence electrons. The zero-order valence-corrected chi connectivity index (χ0v) is 9.19. The summed E-state index contributed by atoms with van der Waals surface area (Å²) in [4.78, 5) is 1.06. The monoisotopic (exact) mass is 232 g/mol. The van der Waals surface area contributed by atoms with Crippen LogP contribution in [0.2, 0.25) is 4.34 Å². The van der Waals surface area contributed by atoms with Crippen LogP contribution in [-0.2, 0) is 0 Å². The van der Waals surface area contributed by atoms with Gasteiger partial charge < -0.3 is 0 Å². The average Bonchev–Trinajstić information content (AvgIpc) is 2.43. The molecule has 2 rings (SSSR count). The predicted molar refractivity (Wildman–Crippen MR) is 58.6 cm³/mol. The molecule has 0 radical (unpaired) electrons. The highest BCUT2D eigenvalue weighted by Crippen LogP contribution is 2.35. The molecule has 1 aromatic heterocycles. The van der Waals surface area contributed by atoms with Crippen molar-refractivity contribution >= 4 is 44.8 Å². The summed E-state index contributed by atoms with van der Waals surface area (Å²) in [5, 5.41) is 0.627. The predicted octanol–water partition coefficient (Wildman–Crippen LogP) is 4.42. The first-order chi connectivity index (χ1) is 6.22. The second kappa shape index (κ2) is 3.48. The fourth-order valence-corrected chi connectivity index (χ4v) is 2.72. The van der Waals surface area contributed by atoms with Crippen LogP contribution in [0.1, 0.15) is 0 Å². The van der Waals surface area contributed by atoms with E-state index in [0.29, 0.717) is 5.39 Å². The molecule has 0 saturated heterocycles. The third-order valence-electron chi connectivity index (χ3n) is 1.80. The Kier molecular flexibility index (Phi) is 2.49. The lowest BCUT2D eigenvalue weighted by atomic mass is 10.2. The molecule has 0 bridgehead atoms. The maximum absolute atomic E-state index is 13.3. The Hall–Kier alpha value is -0.250. The van der Waals surface area contributed by atoms with Gasteiger partial charge in [0.15, 0.2) is 5.82 Å². The Bertz CT molecular complexity index is 450. The molecule has 0 unspecified atom stereocenters. The number of thiophene rings is 1. The Morgan fingerprint density at radius 3 is 2.92 bits per heavy atom. The summed E-state index contributed by atoms with van der Waals surface area (Å²) < 4.78 is 14.5. The summed E-state index contributed by atoms with van der Waals surface area (Å²) in [6.07, 6.45) is 1.97. The quantitative estimate of drug-likeness (QED) is 0.656. The van der Waals surface area contributed by atoms with Crippen molar-refractivity contribution in [2.45, 2.75) is 4.90 Å². The fourth-order valence-electron chi connectivity index (χ4n) is 1.14. The highest BCUT2D eigenvalue weighted by Gasteiger charge is 2.09. The van der Waals surface area contributed by atoms with E-state index in [1.165, 1.54) is 11.3 Å². The molecule has 0 nitrogen and oxygen atoms in total. The molecule has 0 N–H and O–H groups in total. The van der Waals surface area contributed by atoms with Gasteiger partial charge in [-0.15, -0.1) is 23.1 Å². The number of rotatable bonds is 1. The van der Waals surface area contributed by atoms with Gasteiger partial charge in [-0.2, -0.15) is 0 Å². The van der Waals surface area contributed by atoms with Crippen molar-refractivity contribution in [1.82, 2.24) is 0 Å². The summed E-state index contributed by atoms with van der Waals surface area (Å²) in [5.41, 5.74) is 0. The molecule has 0 aliphatic carbocycles. The molecular formula is C9H6ClFS2. The van der Waals surface area contributed by atoms with Gasteiger partial charge in [0, 0.05) is 15.0 Å².